The molecule has 0 saturated heterocycles. The Balaban J connectivity index is 2.80. The quantitative estimate of drug-likeness (QED) is 0.516. The monoisotopic (exact) mass is 338 g/mol. The molecule has 0 aromatic carbocycles. The molecule has 0 spiro atoms. The zero-order chi connectivity index (χ0) is 16.8. The van der Waals surface area contributed by atoms with Crippen molar-refractivity contribution in [3.05, 3.63) is 33.1 Å². The van der Waals surface area contributed by atoms with E-state index < -0.39 is 38.0 Å². The zero-order valence-corrected chi connectivity index (χ0v) is 13.1. The van der Waals surface area contributed by atoms with Crippen LogP contribution in [0.25, 0.3) is 0 Å². The van der Waals surface area contributed by atoms with E-state index in [0.29, 0.717) is 6.42 Å². The summed E-state index contributed by atoms with van der Waals surface area (Å²) in [6, 6.07) is 1.11. The van der Waals surface area contributed by atoms with Crippen molar-refractivity contribution in [1.82, 2.24) is 9.55 Å². The number of hydrogen-bond acceptors (Lipinski definition) is 7. The molecule has 1 rings (SSSR count). The molecule has 0 amide bonds. The van der Waals surface area contributed by atoms with Crippen LogP contribution in [0.2, 0.25) is 0 Å². The van der Waals surface area contributed by atoms with Crippen molar-refractivity contribution in [1.29, 1.82) is 0 Å². The van der Waals surface area contributed by atoms with E-state index in [2.05, 4.69) is 4.52 Å². The van der Waals surface area contributed by atoms with E-state index in [4.69, 9.17) is 14.2 Å². The van der Waals surface area contributed by atoms with Crippen molar-refractivity contribution in [3.8, 4) is 0 Å². The zero-order valence-electron chi connectivity index (χ0n) is 12.2. The second-order valence-corrected chi connectivity index (χ2v) is 5.83. The SMILES string of the molecule is CCC(COP(=O)(O)OC)O[C@H](CO)n1ccc(=O)[nH]c1=O. The number of aliphatic hydroxyl groups excluding tert-OH is 1. The molecule has 1 heterocycles. The fourth-order valence-electron chi connectivity index (χ4n) is 1.56. The topological polar surface area (TPSA) is 140 Å². The molecular weight excluding hydrogens is 319 g/mol. The maximum atomic E-state index is 11.7. The van der Waals surface area contributed by atoms with E-state index in [-0.39, 0.29) is 6.61 Å². The van der Waals surface area contributed by atoms with Crippen molar-refractivity contribution in [2.24, 2.45) is 0 Å². The molecule has 3 N–H and O–H groups in total. The fourth-order valence-corrected chi connectivity index (χ4v) is 2.02. The highest BCUT2D eigenvalue weighted by Gasteiger charge is 2.23. The predicted molar refractivity (Wildman–Crippen MR) is 75.4 cm³/mol. The first-order valence-electron chi connectivity index (χ1n) is 6.43. The smallest absolute Gasteiger partial charge is 0.392 e. The Hall–Kier alpha value is -1.29. The Labute approximate surface area is 125 Å². The molecule has 0 aliphatic rings. The molecule has 3 atom stereocenters. The number of rotatable bonds is 9. The van der Waals surface area contributed by atoms with Gasteiger partial charge in [0.1, 0.15) is 0 Å². The number of aliphatic hydroxyl groups is 1. The molecule has 22 heavy (non-hydrogen) atoms. The van der Waals surface area contributed by atoms with Crippen LogP contribution >= 0.6 is 7.82 Å². The van der Waals surface area contributed by atoms with Crippen LogP contribution in [0.15, 0.2) is 21.9 Å². The molecule has 1 aromatic heterocycles. The number of phosphoric acid groups is 1. The van der Waals surface area contributed by atoms with Gasteiger partial charge in [0, 0.05) is 19.4 Å². The lowest BCUT2D eigenvalue weighted by Crippen LogP contribution is -2.36. The van der Waals surface area contributed by atoms with Crippen LogP contribution in [0.5, 0.6) is 0 Å². The summed E-state index contributed by atoms with van der Waals surface area (Å²) in [6.07, 6.45) is -0.176. The van der Waals surface area contributed by atoms with E-state index in [1.165, 1.54) is 6.20 Å². The summed E-state index contributed by atoms with van der Waals surface area (Å²) in [5, 5.41) is 9.35. The first-order chi connectivity index (χ1) is 10.3. The van der Waals surface area contributed by atoms with Gasteiger partial charge in [-0.05, 0) is 6.42 Å². The Morgan fingerprint density at radius 2 is 2.14 bits per heavy atom. The molecule has 1 aromatic rings. The van der Waals surface area contributed by atoms with Crippen molar-refractivity contribution >= 4 is 7.82 Å². The molecule has 0 radical (unpaired) electrons. The van der Waals surface area contributed by atoms with Gasteiger partial charge >= 0.3 is 13.5 Å². The van der Waals surface area contributed by atoms with Crippen LogP contribution in [0.4, 0.5) is 0 Å². The lowest BCUT2D eigenvalue weighted by Gasteiger charge is -2.24. The van der Waals surface area contributed by atoms with Crippen LogP contribution in [0, 0.1) is 0 Å². The van der Waals surface area contributed by atoms with E-state index in [9.17, 15) is 19.3 Å². The molecule has 0 fully saturated rings. The molecule has 0 aliphatic carbocycles. The molecule has 0 bridgehead atoms. The van der Waals surface area contributed by atoms with Gasteiger partial charge in [0.2, 0.25) is 0 Å². The Bertz CT molecular complexity index is 627. The number of ether oxygens (including phenoxy) is 1. The third kappa shape index (κ3) is 5.48. The molecule has 10 nitrogen and oxygen atoms in total. The van der Waals surface area contributed by atoms with Crippen LogP contribution in [-0.2, 0) is 18.3 Å². The van der Waals surface area contributed by atoms with Gasteiger partial charge in [-0.1, -0.05) is 6.92 Å². The largest absolute Gasteiger partial charge is 0.472 e. The number of nitrogens with zero attached hydrogens (tertiary/aromatic N) is 1. The maximum absolute atomic E-state index is 11.7. The average Bonchev–Trinajstić information content (AvgIpc) is 2.48. The van der Waals surface area contributed by atoms with Crippen LogP contribution in [0.3, 0.4) is 0 Å². The van der Waals surface area contributed by atoms with E-state index in [0.717, 1.165) is 17.7 Å². The van der Waals surface area contributed by atoms with Gasteiger partial charge < -0.3 is 14.7 Å². The molecule has 0 saturated carbocycles. The lowest BCUT2D eigenvalue weighted by atomic mass is 10.3. The molecule has 2 unspecified atom stereocenters. The van der Waals surface area contributed by atoms with Crippen LogP contribution in [-0.4, -0.2) is 46.0 Å². The first kappa shape index (κ1) is 18.8. The number of aromatic amines is 1. The van der Waals surface area contributed by atoms with Gasteiger partial charge in [0.25, 0.3) is 5.56 Å². The number of nitrogens with one attached hydrogen (secondary N) is 1. The third-order valence-corrected chi connectivity index (χ3v) is 3.71. The second-order valence-electron chi connectivity index (χ2n) is 4.27. The summed E-state index contributed by atoms with van der Waals surface area (Å²) in [5.74, 6) is 0. The number of H-pyrrole nitrogens is 1. The summed E-state index contributed by atoms with van der Waals surface area (Å²) in [7, 11) is -3.11. The van der Waals surface area contributed by atoms with Crippen molar-refractivity contribution in [3.63, 3.8) is 0 Å². The van der Waals surface area contributed by atoms with Crippen molar-refractivity contribution in [2.75, 3.05) is 20.3 Å². The van der Waals surface area contributed by atoms with Gasteiger partial charge in [-0.2, -0.15) is 0 Å². The minimum atomic E-state index is -4.14. The lowest BCUT2D eigenvalue weighted by molar-refractivity contribution is -0.0982. The van der Waals surface area contributed by atoms with Gasteiger partial charge in [0.05, 0.1) is 19.3 Å². The maximum Gasteiger partial charge on any atom is 0.472 e. The molecule has 11 heteroatoms. The Morgan fingerprint density at radius 1 is 1.45 bits per heavy atom. The van der Waals surface area contributed by atoms with Gasteiger partial charge in [-0.25, -0.2) is 9.36 Å². The fraction of sp³-hybridized carbons (Fsp3) is 0.636. The highest BCUT2D eigenvalue weighted by Crippen LogP contribution is 2.42. The number of phosphoric ester groups is 1. The standard InChI is InChI=1S/C11H19N2O8P/c1-3-8(7-20-22(17,18)19-2)21-10(6-14)13-5-4-9(15)12-11(13)16/h4-5,8,10,14H,3,6-7H2,1-2H3,(H,17,18)(H,12,15,16)/t8?,10-/m1/s1. The van der Waals surface area contributed by atoms with Gasteiger partial charge in [-0.15, -0.1) is 0 Å². The minimum absolute atomic E-state index is 0.271. The second kappa shape index (κ2) is 8.37. The number of hydrogen-bond donors (Lipinski definition) is 3. The van der Waals surface area contributed by atoms with E-state index in [1.54, 1.807) is 6.92 Å². The van der Waals surface area contributed by atoms with Crippen molar-refractivity contribution < 1.29 is 28.3 Å². The Kier molecular flexibility index (Phi) is 7.14. The predicted octanol–water partition coefficient (Wildman–Crippen LogP) is -0.414. The van der Waals surface area contributed by atoms with E-state index in [1.807, 2.05) is 4.98 Å². The molecule has 0 aliphatic heterocycles. The van der Waals surface area contributed by atoms with Crippen LogP contribution < -0.4 is 11.2 Å². The summed E-state index contributed by atoms with van der Waals surface area (Å²) in [4.78, 5) is 33.9. The summed E-state index contributed by atoms with van der Waals surface area (Å²) in [6.45, 7) is 0.920. The van der Waals surface area contributed by atoms with Crippen molar-refractivity contribution in [2.45, 2.75) is 25.7 Å². The third-order valence-electron chi connectivity index (χ3n) is 2.78. The number of aromatic nitrogens is 2. The van der Waals surface area contributed by atoms with Gasteiger partial charge in [-0.3, -0.25) is 23.4 Å². The van der Waals surface area contributed by atoms with Crippen LogP contribution in [0.1, 0.15) is 19.6 Å². The van der Waals surface area contributed by atoms with E-state index >= 15 is 0 Å². The highest BCUT2D eigenvalue weighted by atomic mass is 31.2. The highest BCUT2D eigenvalue weighted by molar-refractivity contribution is 7.47. The first-order valence-corrected chi connectivity index (χ1v) is 7.93. The minimum Gasteiger partial charge on any atom is -0.392 e. The summed E-state index contributed by atoms with van der Waals surface area (Å²) < 4.78 is 26.7. The van der Waals surface area contributed by atoms with Gasteiger partial charge in [0.15, 0.2) is 6.23 Å². The summed E-state index contributed by atoms with van der Waals surface area (Å²) in [5.41, 5.74) is -1.32. The Morgan fingerprint density at radius 3 is 2.64 bits per heavy atom. The normalized spacial score (nSPS) is 16.9. The summed E-state index contributed by atoms with van der Waals surface area (Å²) >= 11 is 0. The molecular formula is C11H19N2O8P. The molecule has 126 valence electrons. The average molecular weight is 338 g/mol.